The van der Waals surface area contributed by atoms with Crippen molar-refractivity contribution in [1.82, 2.24) is 20.2 Å². The Balaban J connectivity index is 1.33. The van der Waals surface area contributed by atoms with Crippen LogP contribution in [0.2, 0.25) is 0 Å². The lowest BCUT2D eigenvalue weighted by Gasteiger charge is -2.37. The van der Waals surface area contributed by atoms with E-state index in [2.05, 4.69) is 15.3 Å². The molecule has 0 N–H and O–H groups in total. The molecular formula is C19H20N4O3. The van der Waals surface area contributed by atoms with Gasteiger partial charge in [-0.2, -0.15) is 4.98 Å². The molecule has 0 bridgehead atoms. The molecule has 2 aromatic heterocycles. The third-order valence-corrected chi connectivity index (χ3v) is 4.78. The highest BCUT2D eigenvalue weighted by Gasteiger charge is 2.36. The number of hydrogen-bond acceptors (Lipinski definition) is 6. The van der Waals surface area contributed by atoms with E-state index in [0.717, 1.165) is 16.8 Å². The SMILES string of the molecule is Cc1noc(C)c1CC(=O)N1CC(c2nc(Cc3ccccc3)no2)C1. The van der Waals surface area contributed by atoms with Crippen molar-refractivity contribution in [3.8, 4) is 0 Å². The van der Waals surface area contributed by atoms with Gasteiger partial charge in [-0.25, -0.2) is 0 Å². The van der Waals surface area contributed by atoms with Crippen LogP contribution in [-0.2, 0) is 17.6 Å². The van der Waals surface area contributed by atoms with Gasteiger partial charge in [-0.3, -0.25) is 4.79 Å². The summed E-state index contributed by atoms with van der Waals surface area (Å²) in [5.41, 5.74) is 2.79. The second-order valence-electron chi connectivity index (χ2n) is 6.69. The number of amides is 1. The fourth-order valence-electron chi connectivity index (χ4n) is 3.14. The van der Waals surface area contributed by atoms with Gasteiger partial charge in [-0.15, -0.1) is 0 Å². The largest absolute Gasteiger partial charge is 0.361 e. The molecule has 3 aromatic rings. The number of hydrogen-bond donors (Lipinski definition) is 0. The molecule has 7 heteroatoms. The monoisotopic (exact) mass is 352 g/mol. The Bertz CT molecular complexity index is 891. The Labute approximate surface area is 151 Å². The van der Waals surface area contributed by atoms with E-state index in [9.17, 15) is 4.79 Å². The molecule has 0 radical (unpaired) electrons. The fourth-order valence-corrected chi connectivity index (χ4v) is 3.14. The number of likely N-dealkylation sites (tertiary alicyclic amines) is 1. The van der Waals surface area contributed by atoms with Gasteiger partial charge >= 0.3 is 0 Å². The van der Waals surface area contributed by atoms with E-state index in [0.29, 0.717) is 43.4 Å². The van der Waals surface area contributed by atoms with Crippen LogP contribution in [0.4, 0.5) is 0 Å². The van der Waals surface area contributed by atoms with Crippen LogP contribution in [0.5, 0.6) is 0 Å². The summed E-state index contributed by atoms with van der Waals surface area (Å²) in [7, 11) is 0. The quantitative estimate of drug-likeness (QED) is 0.701. The topological polar surface area (TPSA) is 85.3 Å². The van der Waals surface area contributed by atoms with Gasteiger partial charge in [0.15, 0.2) is 5.82 Å². The van der Waals surface area contributed by atoms with E-state index in [1.807, 2.05) is 44.2 Å². The summed E-state index contributed by atoms with van der Waals surface area (Å²) in [6, 6.07) is 10.0. The van der Waals surface area contributed by atoms with Gasteiger partial charge < -0.3 is 13.9 Å². The molecule has 0 saturated carbocycles. The Morgan fingerprint density at radius 1 is 1.15 bits per heavy atom. The maximum atomic E-state index is 12.4. The van der Waals surface area contributed by atoms with Crippen LogP contribution in [0, 0.1) is 13.8 Å². The Morgan fingerprint density at radius 2 is 1.92 bits per heavy atom. The fraction of sp³-hybridized carbons (Fsp3) is 0.368. The van der Waals surface area contributed by atoms with Crippen LogP contribution in [0.3, 0.4) is 0 Å². The zero-order chi connectivity index (χ0) is 18.1. The van der Waals surface area contributed by atoms with E-state index in [-0.39, 0.29) is 11.8 Å². The van der Waals surface area contributed by atoms with Crippen molar-refractivity contribution in [3.63, 3.8) is 0 Å². The summed E-state index contributed by atoms with van der Waals surface area (Å²) in [5, 5.41) is 7.95. The normalized spacial score (nSPS) is 14.5. The van der Waals surface area contributed by atoms with E-state index >= 15 is 0 Å². The zero-order valence-corrected chi connectivity index (χ0v) is 14.8. The second kappa shape index (κ2) is 6.74. The van der Waals surface area contributed by atoms with Crippen LogP contribution in [0.25, 0.3) is 0 Å². The Kier molecular flexibility index (Phi) is 4.28. The molecule has 1 aliphatic rings. The van der Waals surface area contributed by atoms with Crippen LogP contribution in [-0.4, -0.2) is 39.2 Å². The molecule has 0 aliphatic carbocycles. The number of carbonyl (C=O) groups excluding carboxylic acids is 1. The second-order valence-corrected chi connectivity index (χ2v) is 6.69. The first-order valence-electron chi connectivity index (χ1n) is 8.66. The molecular weight excluding hydrogens is 332 g/mol. The minimum atomic E-state index is 0.0691. The molecule has 0 atom stereocenters. The smallest absolute Gasteiger partial charge is 0.233 e. The highest BCUT2D eigenvalue weighted by atomic mass is 16.5. The third-order valence-electron chi connectivity index (χ3n) is 4.78. The van der Waals surface area contributed by atoms with Gasteiger partial charge in [0, 0.05) is 25.1 Å². The first-order valence-corrected chi connectivity index (χ1v) is 8.66. The zero-order valence-electron chi connectivity index (χ0n) is 14.8. The first kappa shape index (κ1) is 16.5. The Morgan fingerprint density at radius 3 is 2.62 bits per heavy atom. The van der Waals surface area contributed by atoms with Crippen molar-refractivity contribution in [2.24, 2.45) is 0 Å². The van der Waals surface area contributed by atoms with Crippen molar-refractivity contribution in [3.05, 3.63) is 64.6 Å². The number of aryl methyl sites for hydroxylation is 2. The number of carbonyl (C=O) groups is 1. The average molecular weight is 352 g/mol. The lowest BCUT2D eigenvalue weighted by Crippen LogP contribution is -2.49. The lowest BCUT2D eigenvalue weighted by atomic mass is 9.98. The minimum Gasteiger partial charge on any atom is -0.361 e. The molecule has 26 heavy (non-hydrogen) atoms. The third kappa shape index (κ3) is 3.24. The minimum absolute atomic E-state index is 0.0691. The molecule has 1 fully saturated rings. The van der Waals surface area contributed by atoms with Gasteiger partial charge in [0.05, 0.1) is 18.0 Å². The van der Waals surface area contributed by atoms with Crippen molar-refractivity contribution >= 4 is 5.91 Å². The van der Waals surface area contributed by atoms with E-state index < -0.39 is 0 Å². The number of aromatic nitrogens is 3. The summed E-state index contributed by atoms with van der Waals surface area (Å²) < 4.78 is 10.5. The van der Waals surface area contributed by atoms with Gasteiger partial charge in [0.25, 0.3) is 0 Å². The molecule has 1 amide bonds. The maximum Gasteiger partial charge on any atom is 0.233 e. The van der Waals surface area contributed by atoms with Crippen LogP contribution < -0.4 is 0 Å². The van der Waals surface area contributed by atoms with Crippen molar-refractivity contribution in [1.29, 1.82) is 0 Å². The number of benzene rings is 1. The molecule has 1 aromatic carbocycles. The summed E-state index contributed by atoms with van der Waals surface area (Å²) in [4.78, 5) is 18.7. The predicted molar refractivity (Wildman–Crippen MR) is 92.5 cm³/mol. The molecule has 0 spiro atoms. The summed E-state index contributed by atoms with van der Waals surface area (Å²) >= 11 is 0. The average Bonchev–Trinajstić information content (AvgIpc) is 3.16. The summed E-state index contributed by atoms with van der Waals surface area (Å²) in [6.45, 7) is 4.89. The summed E-state index contributed by atoms with van der Waals surface area (Å²) in [6.07, 6.45) is 0.961. The molecule has 7 nitrogen and oxygen atoms in total. The van der Waals surface area contributed by atoms with Gasteiger partial charge in [0.1, 0.15) is 5.76 Å². The van der Waals surface area contributed by atoms with E-state index in [1.54, 1.807) is 4.90 Å². The van der Waals surface area contributed by atoms with Crippen LogP contribution in [0.1, 0.15) is 40.2 Å². The molecule has 1 aliphatic heterocycles. The lowest BCUT2D eigenvalue weighted by molar-refractivity contribution is -0.135. The van der Waals surface area contributed by atoms with Crippen LogP contribution >= 0.6 is 0 Å². The van der Waals surface area contributed by atoms with Crippen molar-refractivity contribution in [2.75, 3.05) is 13.1 Å². The van der Waals surface area contributed by atoms with E-state index in [4.69, 9.17) is 9.05 Å². The standard InChI is InChI=1S/C19H20N4O3/c1-12-16(13(2)25-21-12)9-18(24)23-10-15(11-23)19-20-17(22-26-19)8-14-6-4-3-5-7-14/h3-7,15H,8-11H2,1-2H3. The molecule has 4 rings (SSSR count). The number of rotatable bonds is 5. The van der Waals surface area contributed by atoms with Crippen LogP contribution in [0.15, 0.2) is 39.4 Å². The van der Waals surface area contributed by atoms with Crippen molar-refractivity contribution < 1.29 is 13.8 Å². The predicted octanol–water partition coefficient (Wildman–Crippen LogP) is 2.43. The first-order chi connectivity index (χ1) is 12.6. The maximum absolute atomic E-state index is 12.4. The van der Waals surface area contributed by atoms with Crippen molar-refractivity contribution in [2.45, 2.75) is 32.6 Å². The molecule has 1 saturated heterocycles. The number of nitrogens with zero attached hydrogens (tertiary/aromatic N) is 4. The highest BCUT2D eigenvalue weighted by molar-refractivity contribution is 5.80. The van der Waals surface area contributed by atoms with Gasteiger partial charge in [-0.05, 0) is 19.4 Å². The van der Waals surface area contributed by atoms with Gasteiger partial charge in [-0.1, -0.05) is 40.6 Å². The van der Waals surface area contributed by atoms with E-state index in [1.165, 1.54) is 0 Å². The Hall–Kier alpha value is -2.96. The molecule has 134 valence electrons. The molecule has 3 heterocycles. The summed E-state index contributed by atoms with van der Waals surface area (Å²) in [5.74, 6) is 2.17. The highest BCUT2D eigenvalue weighted by Crippen LogP contribution is 2.27. The molecule has 0 unspecified atom stereocenters. The van der Waals surface area contributed by atoms with Gasteiger partial charge in [0.2, 0.25) is 11.8 Å².